The van der Waals surface area contributed by atoms with Crippen LogP contribution in [-0.4, -0.2) is 249 Å². The number of carboxylic acid groups (broad SMARTS) is 4. The number of hydrogen-bond acceptors (Lipinski definition) is 22. The lowest BCUT2D eigenvalue weighted by atomic mass is 10.1. The van der Waals surface area contributed by atoms with Gasteiger partial charge in [0.25, 0.3) is 47.3 Å². The Labute approximate surface area is 566 Å². The van der Waals surface area contributed by atoms with E-state index in [-0.39, 0.29) is 30.8 Å². The number of epoxide rings is 4. The minimum Gasteiger partial charge on any atom is -0.480 e. The number of ether oxygens (including phenoxy) is 4. The van der Waals surface area contributed by atoms with E-state index >= 15 is 0 Å². The standard InChI is InChI=1S/C21H23N3O5.C17H19N3O7.C15H17N3O5.C12H19N3O5/c1-22-24(14-17(25)26)21(28)19-18(29-19)20(27)23(12-15-8-4-2-5-9-15)13-16-10-6-3-7-11-16;1-18-20(10-13(21)22)17(24)15-14(27-15)16(23)19(8-11-4-2-6-25-11)9-12-5-3-7-26-12;1-16-18(8-11(19)20)15(22)13-12(23-13)14(21)17-7-6-9-4-2-3-5-10(9)17;1-13-15(7-8(16)17)12(19)10-9(20-10)11(18)14-5-3-2-4-6-14/h2-11,18-19,22H,12-14H2,1H3,(H,25,26);2-7,14-15,18H,8-10H2,1H3,(H,21,22);2-5,12-13,16H,6-8H2,1H3,(H,19,20);9-10,13H,2-7H2,1H3,(H,16,17). The van der Waals surface area contributed by atoms with Gasteiger partial charge in [0, 0.05) is 66.6 Å². The number of anilines is 1. The first-order valence-corrected chi connectivity index (χ1v) is 31.4. The number of carbonyl (C=O) groups is 12. The summed E-state index contributed by atoms with van der Waals surface area (Å²) in [5, 5.41) is 38.9. The van der Waals surface area contributed by atoms with Crippen molar-refractivity contribution in [3.8, 4) is 0 Å². The maximum atomic E-state index is 13.1. The van der Waals surface area contributed by atoms with Crippen LogP contribution < -0.4 is 26.6 Å². The second-order valence-electron chi connectivity index (χ2n) is 22.8. The van der Waals surface area contributed by atoms with Crippen LogP contribution in [0.15, 0.2) is 131 Å². The molecule has 5 saturated heterocycles. The first kappa shape index (κ1) is 74.3. The number of benzene rings is 3. The van der Waals surface area contributed by atoms with E-state index in [9.17, 15) is 57.5 Å². The number of rotatable bonds is 28. The van der Waals surface area contributed by atoms with E-state index in [0.717, 1.165) is 68.1 Å². The Morgan fingerprint density at radius 3 is 1.11 bits per heavy atom. The molecule has 0 saturated carbocycles. The number of furan rings is 2. The van der Waals surface area contributed by atoms with Gasteiger partial charge in [0.05, 0.1) is 25.6 Å². The fourth-order valence-corrected chi connectivity index (χ4v) is 10.8. The molecule has 0 radical (unpaired) electrons. The van der Waals surface area contributed by atoms with Crippen LogP contribution in [0.25, 0.3) is 0 Å². The average molecular weight is 1380 g/mol. The predicted octanol–water partition coefficient (Wildman–Crippen LogP) is -0.549. The highest BCUT2D eigenvalue weighted by molar-refractivity contribution is 6.05. The number of aliphatic carboxylic acids is 4. The second-order valence-corrected chi connectivity index (χ2v) is 22.8. The van der Waals surface area contributed by atoms with Crippen molar-refractivity contribution in [2.75, 3.05) is 78.9 Å². The molecule has 34 nitrogen and oxygen atoms in total. The molecule has 5 aromatic rings. The normalized spacial score (nSPS) is 20.2. The van der Waals surface area contributed by atoms with Crippen molar-refractivity contribution in [3.63, 3.8) is 0 Å². The molecular weight excluding hydrogens is 1300 g/mol. The first-order chi connectivity index (χ1) is 47.5. The third kappa shape index (κ3) is 20.8. The smallest absolute Gasteiger partial charge is 0.324 e. The number of para-hydroxylation sites is 1. The Morgan fingerprint density at radius 2 is 0.737 bits per heavy atom. The van der Waals surface area contributed by atoms with Crippen molar-refractivity contribution < 1.29 is 106 Å². The Kier molecular flexibility index (Phi) is 26.4. The van der Waals surface area contributed by atoms with Crippen molar-refractivity contribution >= 4 is 76.8 Å². The number of amides is 8. The zero-order valence-electron chi connectivity index (χ0n) is 54.5. The molecule has 2 aromatic heterocycles. The lowest BCUT2D eigenvalue weighted by Crippen LogP contribution is -2.47. The van der Waals surface area contributed by atoms with E-state index in [1.54, 1.807) is 39.0 Å². The van der Waals surface area contributed by atoms with Crippen molar-refractivity contribution in [1.29, 1.82) is 0 Å². The van der Waals surface area contributed by atoms with Gasteiger partial charge in [0.1, 0.15) is 37.7 Å². The molecule has 6 aliphatic rings. The molecule has 530 valence electrons. The maximum Gasteiger partial charge on any atom is 0.324 e. The van der Waals surface area contributed by atoms with Crippen molar-refractivity contribution in [3.05, 3.63) is 150 Å². The molecule has 5 fully saturated rings. The molecule has 34 heteroatoms. The average Bonchev–Trinajstić information content (AvgIpc) is 1.64. The fraction of sp³-hybridized carbons (Fsp3) is 0.415. The van der Waals surface area contributed by atoms with Crippen molar-refractivity contribution in [2.24, 2.45) is 0 Å². The molecule has 6 aliphatic heterocycles. The summed E-state index contributed by atoms with van der Waals surface area (Å²) in [6.45, 7) is 1.03. The SMILES string of the molecule is CNN(CC(=O)O)C(=O)C1OC1C(=O)N(Cc1ccccc1)Cc1ccccc1.CNN(CC(=O)O)C(=O)C1OC1C(=O)N(Cc1ccco1)Cc1ccco1.CNN(CC(=O)O)C(=O)C1OC1C(=O)N1CCCCC1.CNN(CC(=O)O)C(=O)C1OC1C(=O)N1CCc2ccccc21. The van der Waals surface area contributed by atoms with Gasteiger partial charge in [-0.3, -0.25) is 77.6 Å². The molecule has 0 bridgehead atoms. The molecule has 0 aliphatic carbocycles. The summed E-state index contributed by atoms with van der Waals surface area (Å²) in [5.74, 6) is -6.90. The van der Waals surface area contributed by atoms with E-state index in [0.29, 0.717) is 44.2 Å². The third-order valence-electron chi connectivity index (χ3n) is 16.0. The molecule has 8 amide bonds. The monoisotopic (exact) mass is 1380 g/mol. The van der Waals surface area contributed by atoms with Crippen LogP contribution in [0.5, 0.6) is 0 Å². The number of hydrazine groups is 4. The van der Waals surface area contributed by atoms with E-state index in [4.69, 9.17) is 48.2 Å². The quantitative estimate of drug-likeness (QED) is 0.0230. The van der Waals surface area contributed by atoms with Crippen LogP contribution in [-0.2, 0) is 109 Å². The second kappa shape index (κ2) is 35.2. The van der Waals surface area contributed by atoms with Crippen LogP contribution in [0.3, 0.4) is 0 Å². The molecule has 99 heavy (non-hydrogen) atoms. The van der Waals surface area contributed by atoms with E-state index in [1.807, 2.05) is 84.9 Å². The Balaban J connectivity index is 0.000000170. The minimum atomic E-state index is -1.18. The van der Waals surface area contributed by atoms with Crippen molar-refractivity contribution in [2.45, 2.75) is 101 Å². The Morgan fingerprint density at radius 1 is 0.394 bits per heavy atom. The largest absolute Gasteiger partial charge is 0.480 e. The van der Waals surface area contributed by atoms with E-state index in [1.165, 1.54) is 45.6 Å². The minimum absolute atomic E-state index is 0.172. The zero-order valence-corrected chi connectivity index (χ0v) is 54.5. The molecule has 3 aromatic carbocycles. The summed E-state index contributed by atoms with van der Waals surface area (Å²) in [7, 11) is 5.75. The molecule has 8 heterocycles. The van der Waals surface area contributed by atoms with Crippen LogP contribution >= 0.6 is 0 Å². The number of piperidine rings is 1. The first-order valence-electron chi connectivity index (χ1n) is 31.4. The van der Waals surface area contributed by atoms with Gasteiger partial charge in [-0.25, -0.2) is 21.7 Å². The molecule has 11 rings (SSSR count). The van der Waals surface area contributed by atoms with Crippen LogP contribution in [0.4, 0.5) is 5.69 Å². The number of carbonyl (C=O) groups excluding carboxylic acids is 8. The van der Waals surface area contributed by atoms with Gasteiger partial charge in [0.2, 0.25) is 0 Å². The molecule has 8 N–H and O–H groups in total. The van der Waals surface area contributed by atoms with Crippen LogP contribution in [0.1, 0.15) is 47.5 Å². The van der Waals surface area contributed by atoms with E-state index in [2.05, 4.69) is 21.7 Å². The van der Waals surface area contributed by atoms with Crippen LogP contribution in [0.2, 0.25) is 0 Å². The van der Waals surface area contributed by atoms with Gasteiger partial charge in [-0.2, -0.15) is 0 Å². The maximum absolute atomic E-state index is 13.1. The lowest BCUT2D eigenvalue weighted by molar-refractivity contribution is -0.147. The fourth-order valence-electron chi connectivity index (χ4n) is 10.8. The van der Waals surface area contributed by atoms with Gasteiger partial charge in [-0.15, -0.1) is 0 Å². The van der Waals surface area contributed by atoms with Crippen LogP contribution in [0, 0.1) is 0 Å². The number of likely N-dealkylation sites (tertiary alicyclic amines) is 1. The topological polar surface area (TPSA) is 436 Å². The number of carboxylic acids is 4. The number of nitrogens with zero attached hydrogens (tertiary/aromatic N) is 8. The van der Waals surface area contributed by atoms with Gasteiger partial charge in [-0.05, 0) is 72.7 Å². The number of nitrogens with one attached hydrogen (secondary N) is 4. The zero-order chi connectivity index (χ0) is 71.4. The van der Waals surface area contributed by atoms with E-state index < -0.39 is 128 Å². The summed E-state index contributed by atoms with van der Waals surface area (Å²) in [5.41, 5.74) is 13.8. The molecule has 8 unspecified atom stereocenters. The number of hydrogen-bond donors (Lipinski definition) is 8. The summed E-state index contributed by atoms with van der Waals surface area (Å²) in [6, 6.07) is 33.6. The van der Waals surface area contributed by atoms with Crippen molar-refractivity contribution in [1.82, 2.24) is 56.4 Å². The predicted molar refractivity (Wildman–Crippen MR) is 340 cm³/mol. The Hall–Kier alpha value is -10.5. The lowest BCUT2D eigenvalue weighted by Gasteiger charge is -2.26. The number of fused-ring (bicyclic) bond motifs is 1. The highest BCUT2D eigenvalue weighted by atomic mass is 16.6. The Bertz CT molecular complexity index is 3560. The summed E-state index contributed by atoms with van der Waals surface area (Å²) in [6.07, 6.45) is -0.476. The molecule has 0 spiro atoms. The van der Waals surface area contributed by atoms with Gasteiger partial charge >= 0.3 is 23.9 Å². The third-order valence-corrected chi connectivity index (χ3v) is 16.0. The summed E-state index contributed by atoms with van der Waals surface area (Å²) < 4.78 is 31.5. The van der Waals surface area contributed by atoms with Gasteiger partial charge < -0.3 is 67.8 Å². The molecular formula is C65H78N12O22. The summed E-state index contributed by atoms with van der Waals surface area (Å²) in [4.78, 5) is 149. The van der Waals surface area contributed by atoms with Gasteiger partial charge in [-0.1, -0.05) is 78.9 Å². The van der Waals surface area contributed by atoms with Gasteiger partial charge in [0.15, 0.2) is 48.8 Å². The highest BCUT2D eigenvalue weighted by Crippen LogP contribution is 2.34. The summed E-state index contributed by atoms with van der Waals surface area (Å²) >= 11 is 0. The highest BCUT2D eigenvalue weighted by Gasteiger charge is 2.57. The molecule has 8 atom stereocenters.